The molecule has 29 heavy (non-hydrogen) atoms. The van der Waals surface area contributed by atoms with Gasteiger partial charge in [-0.2, -0.15) is 0 Å². The number of nitrogens with one attached hydrogen (secondary N) is 1. The highest BCUT2D eigenvalue weighted by atomic mass is 16.5. The van der Waals surface area contributed by atoms with E-state index in [1.54, 1.807) is 4.90 Å². The van der Waals surface area contributed by atoms with Gasteiger partial charge >= 0.3 is 0 Å². The third kappa shape index (κ3) is 4.46. The molecule has 0 saturated heterocycles. The number of hydrogen-bond donors (Lipinski definition) is 1. The van der Waals surface area contributed by atoms with Gasteiger partial charge in [-0.15, -0.1) is 0 Å². The highest BCUT2D eigenvalue weighted by Crippen LogP contribution is 2.31. The molecule has 5 nitrogen and oxygen atoms in total. The summed E-state index contributed by atoms with van der Waals surface area (Å²) >= 11 is 0. The van der Waals surface area contributed by atoms with E-state index in [0.717, 1.165) is 29.1 Å². The van der Waals surface area contributed by atoms with Crippen LogP contribution >= 0.6 is 0 Å². The van der Waals surface area contributed by atoms with Crippen LogP contribution in [-0.4, -0.2) is 25.0 Å². The number of carbonyl (C=O) groups is 2. The monoisotopic (exact) mass is 386 g/mol. The van der Waals surface area contributed by atoms with Gasteiger partial charge in [0.05, 0.1) is 13.0 Å². The maximum Gasteiger partial charge on any atom is 0.258 e. The number of anilines is 2. The van der Waals surface area contributed by atoms with Crippen molar-refractivity contribution in [3.8, 4) is 5.75 Å². The summed E-state index contributed by atoms with van der Waals surface area (Å²) in [5.74, 6) is 0.649. The zero-order valence-corrected chi connectivity index (χ0v) is 16.0. The normalized spacial score (nSPS) is 12.3. The largest absolute Gasteiger partial charge is 0.493 e. The van der Waals surface area contributed by atoms with E-state index in [4.69, 9.17) is 4.74 Å². The SMILES string of the molecule is O=C(CCOc1ccccc1)Nc1ccc2c(c1)CCN2C(=O)c1ccccc1. The average Bonchev–Trinajstić information content (AvgIpc) is 3.18. The first-order valence-corrected chi connectivity index (χ1v) is 9.68. The lowest BCUT2D eigenvalue weighted by atomic mass is 10.1. The van der Waals surface area contributed by atoms with E-state index in [1.807, 2.05) is 78.9 Å². The van der Waals surface area contributed by atoms with Crippen LogP contribution in [0.1, 0.15) is 22.3 Å². The van der Waals surface area contributed by atoms with Crippen molar-refractivity contribution in [1.29, 1.82) is 0 Å². The van der Waals surface area contributed by atoms with Crippen LogP contribution in [-0.2, 0) is 11.2 Å². The summed E-state index contributed by atoms with van der Waals surface area (Å²) in [6.45, 7) is 0.964. The molecule has 0 aromatic heterocycles. The van der Waals surface area contributed by atoms with Crippen molar-refractivity contribution in [2.45, 2.75) is 12.8 Å². The molecular formula is C24H22N2O3. The molecule has 0 spiro atoms. The Morgan fingerprint density at radius 2 is 1.66 bits per heavy atom. The fourth-order valence-corrected chi connectivity index (χ4v) is 3.43. The predicted molar refractivity (Wildman–Crippen MR) is 113 cm³/mol. The van der Waals surface area contributed by atoms with Crippen LogP contribution in [0.2, 0.25) is 0 Å². The van der Waals surface area contributed by atoms with Crippen LogP contribution in [0.4, 0.5) is 11.4 Å². The molecular weight excluding hydrogens is 364 g/mol. The van der Waals surface area contributed by atoms with E-state index in [0.29, 0.717) is 18.7 Å². The van der Waals surface area contributed by atoms with Crippen LogP contribution in [0.15, 0.2) is 78.9 Å². The van der Waals surface area contributed by atoms with Crippen LogP contribution < -0.4 is 15.0 Å². The third-order valence-electron chi connectivity index (χ3n) is 4.87. The van der Waals surface area contributed by atoms with Gasteiger partial charge in [0.25, 0.3) is 5.91 Å². The molecule has 3 aromatic carbocycles. The van der Waals surface area contributed by atoms with E-state index in [2.05, 4.69) is 5.32 Å². The molecule has 4 rings (SSSR count). The Kier molecular flexibility index (Phi) is 5.56. The number of benzene rings is 3. The topological polar surface area (TPSA) is 58.6 Å². The number of para-hydroxylation sites is 1. The van der Waals surface area contributed by atoms with Crippen molar-refractivity contribution in [2.24, 2.45) is 0 Å². The van der Waals surface area contributed by atoms with Gasteiger partial charge in [-0.3, -0.25) is 9.59 Å². The zero-order valence-electron chi connectivity index (χ0n) is 16.0. The Bertz CT molecular complexity index is 1000. The van der Waals surface area contributed by atoms with Crippen molar-refractivity contribution in [3.63, 3.8) is 0 Å². The Hall–Kier alpha value is -3.60. The predicted octanol–water partition coefficient (Wildman–Crippen LogP) is 4.30. The molecule has 1 aliphatic heterocycles. The number of carbonyl (C=O) groups excluding carboxylic acids is 2. The minimum atomic E-state index is -0.101. The van der Waals surface area contributed by atoms with Crippen molar-refractivity contribution < 1.29 is 14.3 Å². The Morgan fingerprint density at radius 1 is 0.931 bits per heavy atom. The van der Waals surface area contributed by atoms with E-state index >= 15 is 0 Å². The average molecular weight is 386 g/mol. The van der Waals surface area contributed by atoms with Crippen molar-refractivity contribution >= 4 is 23.2 Å². The molecule has 0 fully saturated rings. The molecule has 0 bridgehead atoms. The molecule has 0 unspecified atom stereocenters. The second-order valence-corrected chi connectivity index (χ2v) is 6.88. The van der Waals surface area contributed by atoms with Gasteiger partial charge in [-0.25, -0.2) is 0 Å². The van der Waals surface area contributed by atoms with Gasteiger partial charge in [0.15, 0.2) is 0 Å². The minimum absolute atomic E-state index is 0.000744. The van der Waals surface area contributed by atoms with Crippen molar-refractivity contribution in [3.05, 3.63) is 90.0 Å². The summed E-state index contributed by atoms with van der Waals surface area (Å²) in [5.41, 5.74) is 3.38. The molecule has 2 amide bonds. The van der Waals surface area contributed by atoms with Gasteiger partial charge in [0, 0.05) is 23.5 Å². The second-order valence-electron chi connectivity index (χ2n) is 6.88. The summed E-state index contributed by atoms with van der Waals surface area (Å²) < 4.78 is 5.57. The van der Waals surface area contributed by atoms with Crippen LogP contribution in [0.3, 0.4) is 0 Å². The van der Waals surface area contributed by atoms with E-state index in [1.165, 1.54) is 0 Å². The first-order chi connectivity index (χ1) is 14.2. The summed E-state index contributed by atoms with van der Waals surface area (Å²) in [5, 5.41) is 2.91. The van der Waals surface area contributed by atoms with Gasteiger partial charge in [0.1, 0.15) is 5.75 Å². The van der Waals surface area contributed by atoms with E-state index in [9.17, 15) is 9.59 Å². The summed E-state index contributed by atoms with van der Waals surface area (Å²) in [6, 6.07) is 24.4. The molecule has 3 aromatic rings. The molecule has 0 atom stereocenters. The summed E-state index contributed by atoms with van der Waals surface area (Å²) in [6.07, 6.45) is 1.04. The second kappa shape index (κ2) is 8.61. The molecule has 1 heterocycles. The highest BCUT2D eigenvalue weighted by molar-refractivity contribution is 6.07. The first-order valence-electron chi connectivity index (χ1n) is 9.68. The molecule has 5 heteroatoms. The molecule has 146 valence electrons. The lowest BCUT2D eigenvalue weighted by Crippen LogP contribution is -2.28. The smallest absolute Gasteiger partial charge is 0.258 e. The van der Waals surface area contributed by atoms with Gasteiger partial charge < -0.3 is 15.0 Å². The minimum Gasteiger partial charge on any atom is -0.493 e. The summed E-state index contributed by atoms with van der Waals surface area (Å²) in [4.78, 5) is 26.8. The fraction of sp³-hybridized carbons (Fsp3) is 0.167. The number of rotatable bonds is 6. The number of fused-ring (bicyclic) bond motifs is 1. The van der Waals surface area contributed by atoms with Crippen LogP contribution in [0.5, 0.6) is 5.75 Å². The molecule has 0 aliphatic carbocycles. The van der Waals surface area contributed by atoms with Gasteiger partial charge in [-0.05, 0) is 54.4 Å². The lowest BCUT2D eigenvalue weighted by molar-refractivity contribution is -0.116. The van der Waals surface area contributed by atoms with E-state index < -0.39 is 0 Å². The van der Waals surface area contributed by atoms with Crippen molar-refractivity contribution in [1.82, 2.24) is 0 Å². The molecule has 0 radical (unpaired) electrons. The Morgan fingerprint density at radius 3 is 2.41 bits per heavy atom. The van der Waals surface area contributed by atoms with Crippen LogP contribution in [0, 0.1) is 0 Å². The fourth-order valence-electron chi connectivity index (χ4n) is 3.43. The Balaban J connectivity index is 1.35. The number of hydrogen-bond acceptors (Lipinski definition) is 3. The molecule has 0 saturated carbocycles. The zero-order chi connectivity index (χ0) is 20.1. The Labute approximate surface area is 169 Å². The first kappa shape index (κ1) is 18.7. The van der Waals surface area contributed by atoms with E-state index in [-0.39, 0.29) is 18.2 Å². The quantitative estimate of drug-likeness (QED) is 0.687. The maximum absolute atomic E-state index is 12.7. The van der Waals surface area contributed by atoms with Gasteiger partial charge in [0.2, 0.25) is 5.91 Å². The highest BCUT2D eigenvalue weighted by Gasteiger charge is 2.25. The standard InChI is InChI=1S/C24H22N2O3/c27-23(14-16-29-21-9-5-2-6-10-21)25-20-11-12-22-19(17-20)13-15-26(22)24(28)18-7-3-1-4-8-18/h1-12,17H,13-16H2,(H,25,27). The van der Waals surface area contributed by atoms with Gasteiger partial charge in [-0.1, -0.05) is 36.4 Å². The molecule has 1 N–H and O–H groups in total. The molecule has 1 aliphatic rings. The van der Waals surface area contributed by atoms with Crippen molar-refractivity contribution in [2.75, 3.05) is 23.4 Å². The number of nitrogens with zero attached hydrogens (tertiary/aromatic N) is 1. The van der Waals surface area contributed by atoms with Crippen LogP contribution in [0.25, 0.3) is 0 Å². The third-order valence-corrected chi connectivity index (χ3v) is 4.87. The lowest BCUT2D eigenvalue weighted by Gasteiger charge is -2.17. The number of amides is 2. The maximum atomic E-state index is 12.7. The number of ether oxygens (including phenoxy) is 1. The summed E-state index contributed by atoms with van der Waals surface area (Å²) in [7, 11) is 0.